The van der Waals surface area contributed by atoms with Crippen molar-refractivity contribution >= 4 is 5.97 Å². The first-order valence-electron chi connectivity index (χ1n) is 10.9. The van der Waals surface area contributed by atoms with Gasteiger partial charge in [0.2, 0.25) is 5.43 Å². The molecule has 0 spiro atoms. The van der Waals surface area contributed by atoms with Crippen LogP contribution in [0.25, 0.3) is 0 Å². The van der Waals surface area contributed by atoms with E-state index in [-0.39, 0.29) is 11.0 Å². The molecule has 0 amide bonds. The molecule has 1 unspecified atom stereocenters. The van der Waals surface area contributed by atoms with Crippen molar-refractivity contribution in [2.75, 3.05) is 20.8 Å². The van der Waals surface area contributed by atoms with Crippen LogP contribution >= 0.6 is 0 Å². The second-order valence-corrected chi connectivity index (χ2v) is 8.27. The number of nitrogens with zero attached hydrogens (tertiary/aromatic N) is 1. The van der Waals surface area contributed by atoms with E-state index in [1.165, 1.54) is 18.0 Å². The van der Waals surface area contributed by atoms with Crippen molar-refractivity contribution in [3.05, 3.63) is 64.1 Å². The third-order valence-corrected chi connectivity index (χ3v) is 5.36. The molecule has 7 nitrogen and oxygen atoms in total. The van der Waals surface area contributed by atoms with Crippen LogP contribution in [-0.2, 0) is 21.4 Å². The summed E-state index contributed by atoms with van der Waals surface area (Å²) < 4.78 is 11.8. The number of hydrogen-bond acceptors (Lipinski definition) is 5. The lowest BCUT2D eigenvalue weighted by molar-refractivity contribution is -0.0848. The Morgan fingerprint density at radius 3 is 2.28 bits per heavy atom. The number of carbonyl (C=O) groups is 1. The molecule has 2 heterocycles. The zero-order valence-electron chi connectivity index (χ0n) is 20.1. The van der Waals surface area contributed by atoms with E-state index in [2.05, 4.69) is 30.7 Å². The van der Waals surface area contributed by atoms with Crippen molar-refractivity contribution in [1.29, 1.82) is 0 Å². The van der Waals surface area contributed by atoms with Gasteiger partial charge in [0.15, 0.2) is 5.75 Å². The van der Waals surface area contributed by atoms with Crippen LogP contribution in [0, 0.1) is 0 Å². The number of carboxylic acid groups (broad SMARTS) is 1. The van der Waals surface area contributed by atoms with E-state index in [1.807, 2.05) is 32.0 Å². The molecule has 1 aliphatic rings. The van der Waals surface area contributed by atoms with Gasteiger partial charge in [0.1, 0.15) is 5.56 Å². The van der Waals surface area contributed by atoms with Crippen LogP contribution in [0.5, 0.6) is 5.75 Å². The molecule has 1 fully saturated rings. The van der Waals surface area contributed by atoms with Crippen molar-refractivity contribution in [1.82, 2.24) is 4.57 Å². The minimum absolute atomic E-state index is 0.120. The molecule has 1 atom stereocenters. The van der Waals surface area contributed by atoms with Crippen molar-refractivity contribution in [2.24, 2.45) is 0 Å². The average Bonchev–Trinajstić information content (AvgIpc) is 2.76. The molecular formula is C25H37NO6. The highest BCUT2D eigenvalue weighted by atomic mass is 16.5. The van der Waals surface area contributed by atoms with E-state index in [0.717, 1.165) is 19.3 Å². The van der Waals surface area contributed by atoms with E-state index < -0.39 is 22.7 Å². The summed E-state index contributed by atoms with van der Waals surface area (Å²) >= 11 is 0. The summed E-state index contributed by atoms with van der Waals surface area (Å²) in [6.07, 6.45) is 5.04. The Kier molecular flexibility index (Phi) is 10.6. The number of carboxylic acids is 1. The summed E-state index contributed by atoms with van der Waals surface area (Å²) in [5, 5.41) is 19.0. The standard InChI is InChI=1S/C21H25NO5.C2H6O.C2H6/c1-20(2)14-21(9-11-27-20,15-6-4-3-5-7-15)8-10-22-12-16(19(25)26)18(24)17(23)13-22;1-3-2;1-2/h3-7,12-13,23H,8-11,14H2,1-2H3,(H,25,26);1-2H3;1-2H3. The lowest BCUT2D eigenvalue weighted by Crippen LogP contribution is -2.44. The number of methoxy groups -OCH3 is 1. The minimum atomic E-state index is -1.34. The second-order valence-electron chi connectivity index (χ2n) is 8.27. The minimum Gasteiger partial charge on any atom is -0.503 e. The van der Waals surface area contributed by atoms with Crippen LogP contribution in [0.1, 0.15) is 62.9 Å². The number of aryl methyl sites for hydroxylation is 1. The van der Waals surface area contributed by atoms with Crippen LogP contribution < -0.4 is 5.43 Å². The monoisotopic (exact) mass is 447 g/mol. The first-order valence-corrected chi connectivity index (χ1v) is 10.9. The number of hydrogen-bond donors (Lipinski definition) is 2. The van der Waals surface area contributed by atoms with E-state index in [4.69, 9.17) is 4.74 Å². The number of aromatic carboxylic acids is 1. The van der Waals surface area contributed by atoms with Crippen molar-refractivity contribution in [3.8, 4) is 5.75 Å². The fraction of sp³-hybridized carbons (Fsp3) is 0.520. The number of ether oxygens (including phenoxy) is 2. The molecule has 2 N–H and O–H groups in total. The molecule has 0 saturated carbocycles. The topological polar surface area (TPSA) is 98.0 Å². The summed E-state index contributed by atoms with van der Waals surface area (Å²) in [6.45, 7) is 9.30. The Balaban J connectivity index is 0.000000944. The van der Waals surface area contributed by atoms with Gasteiger partial charge < -0.3 is 24.3 Å². The van der Waals surface area contributed by atoms with Crippen LogP contribution in [0.15, 0.2) is 47.5 Å². The van der Waals surface area contributed by atoms with E-state index in [1.54, 1.807) is 18.8 Å². The third-order valence-electron chi connectivity index (χ3n) is 5.36. The summed E-state index contributed by atoms with van der Waals surface area (Å²) in [7, 11) is 3.25. The molecule has 3 rings (SSSR count). The molecule has 0 radical (unpaired) electrons. The summed E-state index contributed by atoms with van der Waals surface area (Å²) in [4.78, 5) is 23.0. The molecular weight excluding hydrogens is 410 g/mol. The Morgan fingerprint density at radius 2 is 1.75 bits per heavy atom. The molecule has 0 aliphatic carbocycles. The quantitative estimate of drug-likeness (QED) is 0.702. The predicted molar refractivity (Wildman–Crippen MR) is 126 cm³/mol. The first-order chi connectivity index (χ1) is 15.1. The fourth-order valence-electron chi connectivity index (χ4n) is 4.11. The Morgan fingerprint density at radius 1 is 1.16 bits per heavy atom. The Labute approximate surface area is 190 Å². The molecule has 1 aromatic heterocycles. The van der Waals surface area contributed by atoms with Gasteiger partial charge in [0.05, 0.1) is 5.60 Å². The Hall–Kier alpha value is -2.64. The van der Waals surface area contributed by atoms with Gasteiger partial charge in [-0.3, -0.25) is 4.79 Å². The van der Waals surface area contributed by atoms with Gasteiger partial charge in [-0.1, -0.05) is 44.2 Å². The molecule has 2 aromatic rings. The molecule has 7 heteroatoms. The molecule has 32 heavy (non-hydrogen) atoms. The van der Waals surface area contributed by atoms with Crippen LogP contribution in [0.3, 0.4) is 0 Å². The highest BCUT2D eigenvalue weighted by molar-refractivity contribution is 5.87. The number of pyridine rings is 1. The second kappa shape index (κ2) is 12.4. The van der Waals surface area contributed by atoms with Gasteiger partial charge >= 0.3 is 5.97 Å². The van der Waals surface area contributed by atoms with Crippen molar-refractivity contribution in [3.63, 3.8) is 0 Å². The SMILES string of the molecule is CC.CC1(C)CC(CCn2cc(O)c(=O)c(C(=O)O)c2)(c2ccccc2)CCO1.COC. The van der Waals surface area contributed by atoms with E-state index in [0.29, 0.717) is 13.2 Å². The normalized spacial score (nSPS) is 19.1. The van der Waals surface area contributed by atoms with E-state index in [9.17, 15) is 19.8 Å². The number of benzene rings is 1. The maximum absolute atomic E-state index is 11.8. The van der Waals surface area contributed by atoms with Crippen molar-refractivity contribution < 1.29 is 24.5 Å². The van der Waals surface area contributed by atoms with Gasteiger partial charge in [-0.25, -0.2) is 4.79 Å². The van der Waals surface area contributed by atoms with Crippen LogP contribution in [-0.4, -0.2) is 47.2 Å². The summed E-state index contributed by atoms with van der Waals surface area (Å²) in [6, 6.07) is 10.3. The smallest absolute Gasteiger partial charge is 0.341 e. The van der Waals surface area contributed by atoms with E-state index >= 15 is 0 Å². The molecule has 0 bridgehead atoms. The number of aromatic hydroxyl groups is 1. The lowest BCUT2D eigenvalue weighted by Gasteiger charge is -2.45. The lowest BCUT2D eigenvalue weighted by atomic mass is 9.67. The van der Waals surface area contributed by atoms with Crippen LogP contribution in [0.4, 0.5) is 0 Å². The number of rotatable bonds is 5. The zero-order valence-corrected chi connectivity index (χ0v) is 20.1. The molecule has 1 aromatic carbocycles. The molecule has 178 valence electrons. The third kappa shape index (κ3) is 7.21. The van der Waals surface area contributed by atoms with Crippen LogP contribution in [0.2, 0.25) is 0 Å². The molecule has 1 aliphatic heterocycles. The maximum atomic E-state index is 11.8. The fourth-order valence-corrected chi connectivity index (χ4v) is 4.11. The first kappa shape index (κ1) is 27.4. The largest absolute Gasteiger partial charge is 0.503 e. The number of aromatic nitrogens is 1. The summed E-state index contributed by atoms with van der Waals surface area (Å²) in [5.74, 6) is -1.88. The summed E-state index contributed by atoms with van der Waals surface area (Å²) in [5.41, 5.74) is -0.429. The average molecular weight is 448 g/mol. The van der Waals surface area contributed by atoms with Gasteiger partial charge in [-0.2, -0.15) is 0 Å². The Bertz CT molecular complexity index is 906. The van der Waals surface area contributed by atoms with Gasteiger partial charge in [0.25, 0.3) is 0 Å². The van der Waals surface area contributed by atoms with Gasteiger partial charge in [0, 0.05) is 45.2 Å². The maximum Gasteiger partial charge on any atom is 0.341 e. The van der Waals surface area contributed by atoms with Gasteiger partial charge in [-0.15, -0.1) is 0 Å². The highest BCUT2D eigenvalue weighted by Crippen LogP contribution is 2.44. The zero-order chi connectivity index (χ0) is 24.4. The predicted octanol–water partition coefficient (Wildman–Crippen LogP) is 4.46. The van der Waals surface area contributed by atoms with Crippen molar-refractivity contribution in [2.45, 2.75) is 64.5 Å². The highest BCUT2D eigenvalue weighted by Gasteiger charge is 2.41. The molecule has 1 saturated heterocycles. The van der Waals surface area contributed by atoms with Gasteiger partial charge in [-0.05, 0) is 38.7 Å².